The standard InChI is InChI=1S/C12H13ClFN/c13-11-8-9(14)5-6-10(11)12-4-2-1-3-7-15-12/h5-6,8H,1-4,7H2. The van der Waals surface area contributed by atoms with Gasteiger partial charge in [-0.1, -0.05) is 18.0 Å². The minimum absolute atomic E-state index is 0.294. The first kappa shape index (κ1) is 10.6. The Bertz CT molecular complexity index is 387. The lowest BCUT2D eigenvalue weighted by molar-refractivity contribution is 0.628. The SMILES string of the molecule is Fc1ccc(C2=NCCCCC2)c(Cl)c1. The van der Waals surface area contributed by atoms with Crippen molar-refractivity contribution in [1.29, 1.82) is 0 Å². The summed E-state index contributed by atoms with van der Waals surface area (Å²) in [5, 5.41) is 0.468. The van der Waals surface area contributed by atoms with Gasteiger partial charge in [0.15, 0.2) is 0 Å². The van der Waals surface area contributed by atoms with Crippen molar-refractivity contribution >= 4 is 17.3 Å². The predicted octanol–water partition coefficient (Wildman–Crippen LogP) is 3.84. The van der Waals surface area contributed by atoms with Crippen LogP contribution < -0.4 is 0 Å². The first-order valence-corrected chi connectivity index (χ1v) is 5.64. The molecule has 0 saturated heterocycles. The number of nitrogens with zero attached hydrogens (tertiary/aromatic N) is 1. The first-order chi connectivity index (χ1) is 7.27. The van der Waals surface area contributed by atoms with Crippen molar-refractivity contribution in [2.24, 2.45) is 4.99 Å². The Hall–Kier alpha value is -0.890. The van der Waals surface area contributed by atoms with Gasteiger partial charge in [-0.25, -0.2) is 4.39 Å². The third-order valence-corrected chi connectivity index (χ3v) is 2.93. The van der Waals surface area contributed by atoms with Crippen LogP contribution in [0.3, 0.4) is 0 Å². The van der Waals surface area contributed by atoms with Crippen molar-refractivity contribution in [3.8, 4) is 0 Å². The van der Waals surface area contributed by atoms with Crippen LogP contribution in [0.25, 0.3) is 0 Å². The van der Waals surface area contributed by atoms with Crippen LogP contribution in [0.15, 0.2) is 23.2 Å². The lowest BCUT2D eigenvalue weighted by Crippen LogP contribution is -2.01. The third kappa shape index (κ3) is 2.57. The normalized spacial score (nSPS) is 17.1. The van der Waals surface area contributed by atoms with Gasteiger partial charge >= 0.3 is 0 Å². The lowest BCUT2D eigenvalue weighted by atomic mass is 10.0. The van der Waals surface area contributed by atoms with Gasteiger partial charge in [0.25, 0.3) is 0 Å². The van der Waals surface area contributed by atoms with Crippen molar-refractivity contribution in [3.63, 3.8) is 0 Å². The van der Waals surface area contributed by atoms with Crippen LogP contribution in [0.5, 0.6) is 0 Å². The molecule has 0 amide bonds. The van der Waals surface area contributed by atoms with E-state index >= 15 is 0 Å². The second kappa shape index (κ2) is 4.75. The Labute approximate surface area is 94.0 Å². The zero-order valence-electron chi connectivity index (χ0n) is 8.47. The molecule has 0 aliphatic carbocycles. The smallest absolute Gasteiger partial charge is 0.124 e. The van der Waals surface area contributed by atoms with Crippen LogP contribution in [0.1, 0.15) is 31.2 Å². The molecule has 0 saturated carbocycles. The molecule has 1 aliphatic rings. The summed E-state index contributed by atoms with van der Waals surface area (Å²) in [5.74, 6) is -0.294. The highest BCUT2D eigenvalue weighted by Crippen LogP contribution is 2.22. The van der Waals surface area contributed by atoms with Crippen molar-refractivity contribution in [1.82, 2.24) is 0 Å². The molecule has 0 spiro atoms. The first-order valence-electron chi connectivity index (χ1n) is 5.26. The van der Waals surface area contributed by atoms with Crippen molar-refractivity contribution < 1.29 is 4.39 Å². The molecule has 3 heteroatoms. The second-order valence-electron chi connectivity index (χ2n) is 3.76. The summed E-state index contributed by atoms with van der Waals surface area (Å²) in [5.41, 5.74) is 1.91. The second-order valence-corrected chi connectivity index (χ2v) is 4.17. The Morgan fingerprint density at radius 3 is 2.87 bits per heavy atom. The van der Waals surface area contributed by atoms with Gasteiger partial charge in [0.05, 0.1) is 5.02 Å². The highest BCUT2D eigenvalue weighted by atomic mass is 35.5. The van der Waals surface area contributed by atoms with E-state index in [0.717, 1.165) is 37.1 Å². The van der Waals surface area contributed by atoms with Gasteiger partial charge in [-0.15, -0.1) is 0 Å². The highest BCUT2D eigenvalue weighted by Gasteiger charge is 2.10. The van der Waals surface area contributed by atoms with Gasteiger partial charge in [-0.2, -0.15) is 0 Å². The van der Waals surface area contributed by atoms with Crippen LogP contribution >= 0.6 is 11.6 Å². The Morgan fingerprint density at radius 2 is 2.07 bits per heavy atom. The zero-order chi connectivity index (χ0) is 10.7. The van der Waals surface area contributed by atoms with Gasteiger partial charge in [-0.05, 0) is 37.5 Å². The molecule has 2 rings (SSSR count). The van der Waals surface area contributed by atoms with Crippen molar-refractivity contribution in [3.05, 3.63) is 34.6 Å². The largest absolute Gasteiger partial charge is 0.289 e. The van der Waals surface area contributed by atoms with Crippen LogP contribution in [0.2, 0.25) is 5.02 Å². The fourth-order valence-corrected chi connectivity index (χ4v) is 2.09. The van der Waals surface area contributed by atoms with Gasteiger partial charge in [-0.3, -0.25) is 4.99 Å². The van der Waals surface area contributed by atoms with E-state index in [2.05, 4.69) is 4.99 Å². The summed E-state index contributed by atoms with van der Waals surface area (Å²) in [6.07, 6.45) is 4.45. The Kier molecular flexibility index (Phi) is 3.37. The van der Waals surface area contributed by atoms with E-state index in [9.17, 15) is 4.39 Å². The van der Waals surface area contributed by atoms with E-state index in [-0.39, 0.29) is 5.82 Å². The molecule has 0 aromatic heterocycles. The molecule has 0 N–H and O–H groups in total. The predicted molar refractivity (Wildman–Crippen MR) is 61.3 cm³/mol. The van der Waals surface area contributed by atoms with E-state index in [1.807, 2.05) is 0 Å². The molecule has 1 aliphatic heterocycles. The maximum atomic E-state index is 12.9. The molecule has 0 fully saturated rings. The third-order valence-electron chi connectivity index (χ3n) is 2.62. The molecule has 0 atom stereocenters. The van der Waals surface area contributed by atoms with Gasteiger partial charge in [0.2, 0.25) is 0 Å². The number of hydrogen-bond donors (Lipinski definition) is 0. The number of hydrogen-bond acceptors (Lipinski definition) is 1. The van der Waals surface area contributed by atoms with Crippen molar-refractivity contribution in [2.75, 3.05) is 6.54 Å². The summed E-state index contributed by atoms with van der Waals surface area (Å²) >= 11 is 6.00. The van der Waals surface area contributed by atoms with E-state index in [1.54, 1.807) is 6.07 Å². The summed E-state index contributed by atoms with van der Waals surface area (Å²) in [6, 6.07) is 4.51. The Balaban J connectivity index is 2.31. The topological polar surface area (TPSA) is 12.4 Å². The number of rotatable bonds is 1. The van der Waals surface area contributed by atoms with Crippen LogP contribution in [-0.2, 0) is 0 Å². The summed E-state index contributed by atoms with van der Waals surface area (Å²) in [7, 11) is 0. The molecule has 0 unspecified atom stereocenters. The fraction of sp³-hybridized carbons (Fsp3) is 0.417. The minimum Gasteiger partial charge on any atom is -0.289 e. The zero-order valence-corrected chi connectivity index (χ0v) is 9.23. The highest BCUT2D eigenvalue weighted by molar-refractivity contribution is 6.34. The van der Waals surface area contributed by atoms with Crippen LogP contribution in [0, 0.1) is 5.82 Å². The maximum absolute atomic E-state index is 12.9. The molecular formula is C12H13ClFN. The van der Waals surface area contributed by atoms with Crippen LogP contribution in [-0.4, -0.2) is 12.3 Å². The molecule has 80 valence electrons. The summed E-state index contributed by atoms with van der Waals surface area (Å²) in [6.45, 7) is 0.864. The van der Waals surface area contributed by atoms with E-state index in [4.69, 9.17) is 11.6 Å². The van der Waals surface area contributed by atoms with Gasteiger partial charge in [0.1, 0.15) is 5.82 Å². The fourth-order valence-electron chi connectivity index (χ4n) is 1.82. The van der Waals surface area contributed by atoms with Crippen LogP contribution in [0.4, 0.5) is 4.39 Å². The molecular weight excluding hydrogens is 213 g/mol. The number of aliphatic imine (C=N–C) groups is 1. The van der Waals surface area contributed by atoms with E-state index < -0.39 is 0 Å². The number of halogens is 2. The molecule has 0 radical (unpaired) electrons. The molecule has 1 nitrogen and oxygen atoms in total. The molecule has 0 bridgehead atoms. The average Bonchev–Trinajstić information content (AvgIpc) is 2.46. The Morgan fingerprint density at radius 1 is 1.20 bits per heavy atom. The van der Waals surface area contributed by atoms with E-state index in [0.29, 0.717) is 5.02 Å². The molecule has 1 aromatic rings. The monoisotopic (exact) mass is 225 g/mol. The quantitative estimate of drug-likeness (QED) is 0.689. The van der Waals surface area contributed by atoms with Gasteiger partial charge < -0.3 is 0 Å². The average molecular weight is 226 g/mol. The molecule has 1 aromatic carbocycles. The van der Waals surface area contributed by atoms with E-state index in [1.165, 1.54) is 18.6 Å². The number of benzene rings is 1. The summed E-state index contributed by atoms with van der Waals surface area (Å²) < 4.78 is 12.9. The van der Waals surface area contributed by atoms with Crippen molar-refractivity contribution in [2.45, 2.75) is 25.7 Å². The van der Waals surface area contributed by atoms with Gasteiger partial charge in [0, 0.05) is 17.8 Å². The summed E-state index contributed by atoms with van der Waals surface area (Å²) in [4.78, 5) is 4.49. The molecule has 1 heterocycles. The minimum atomic E-state index is -0.294. The maximum Gasteiger partial charge on any atom is 0.124 e. The lowest BCUT2D eigenvalue weighted by Gasteiger charge is -2.06. The molecule has 15 heavy (non-hydrogen) atoms.